The monoisotopic (exact) mass is 224 g/mol. The predicted octanol–water partition coefficient (Wildman–Crippen LogP) is 1.78. The van der Waals surface area contributed by atoms with Gasteiger partial charge in [-0.25, -0.2) is 0 Å². The Morgan fingerprint density at radius 3 is 2.50 bits per heavy atom. The van der Waals surface area contributed by atoms with Crippen molar-refractivity contribution in [3.63, 3.8) is 0 Å². The molecule has 0 spiro atoms. The van der Waals surface area contributed by atoms with Gasteiger partial charge >= 0.3 is 0 Å². The molecule has 0 radical (unpaired) electrons. The van der Waals surface area contributed by atoms with E-state index >= 15 is 0 Å². The summed E-state index contributed by atoms with van der Waals surface area (Å²) in [5.74, 6) is 1.13. The summed E-state index contributed by atoms with van der Waals surface area (Å²) in [4.78, 5) is 13.9. The highest BCUT2D eigenvalue weighted by Gasteiger charge is 2.23. The summed E-state index contributed by atoms with van der Waals surface area (Å²) in [5.41, 5.74) is 0. The molecular weight excluding hydrogens is 200 g/mol. The highest BCUT2D eigenvalue weighted by atomic mass is 16.2. The maximum absolute atomic E-state index is 11.9. The van der Waals surface area contributed by atoms with E-state index < -0.39 is 0 Å². The molecule has 0 aromatic rings. The van der Waals surface area contributed by atoms with Gasteiger partial charge in [0, 0.05) is 13.1 Å². The second-order valence-electron chi connectivity index (χ2n) is 5.37. The fourth-order valence-corrected chi connectivity index (χ4v) is 2.50. The highest BCUT2D eigenvalue weighted by molar-refractivity contribution is 5.78. The zero-order chi connectivity index (χ0) is 11.4. The first-order chi connectivity index (χ1) is 7.77. The van der Waals surface area contributed by atoms with E-state index in [2.05, 4.69) is 5.32 Å². The number of likely N-dealkylation sites (N-methyl/N-ethyl adjacent to an activating group) is 1. The van der Waals surface area contributed by atoms with E-state index in [4.69, 9.17) is 0 Å². The molecule has 2 fully saturated rings. The number of carbonyl (C=O) groups is 1. The molecule has 0 bridgehead atoms. The fourth-order valence-electron chi connectivity index (χ4n) is 2.50. The van der Waals surface area contributed by atoms with Gasteiger partial charge in [-0.3, -0.25) is 4.79 Å². The molecule has 0 atom stereocenters. The summed E-state index contributed by atoms with van der Waals surface area (Å²) >= 11 is 0. The minimum absolute atomic E-state index is 0.271. The molecule has 0 aromatic heterocycles. The van der Waals surface area contributed by atoms with Crippen molar-refractivity contribution in [1.82, 2.24) is 10.2 Å². The molecule has 1 amide bonds. The number of nitrogens with zero attached hydrogens (tertiary/aromatic N) is 1. The lowest BCUT2D eigenvalue weighted by molar-refractivity contribution is -0.131. The topological polar surface area (TPSA) is 32.3 Å². The summed E-state index contributed by atoms with van der Waals surface area (Å²) in [6.07, 6.45) is 9.02. The van der Waals surface area contributed by atoms with Crippen LogP contribution in [0.15, 0.2) is 0 Å². The molecule has 0 heterocycles. The Balaban J connectivity index is 1.65. The number of rotatable bonds is 5. The first kappa shape index (κ1) is 11.9. The molecule has 0 saturated heterocycles. The first-order valence-corrected chi connectivity index (χ1v) is 6.74. The van der Waals surface area contributed by atoms with Crippen LogP contribution in [-0.4, -0.2) is 37.0 Å². The smallest absolute Gasteiger partial charge is 0.236 e. The van der Waals surface area contributed by atoms with Crippen LogP contribution in [0.25, 0.3) is 0 Å². The molecular formula is C13H24N2O. The van der Waals surface area contributed by atoms with E-state index in [1.165, 1.54) is 44.9 Å². The zero-order valence-corrected chi connectivity index (χ0v) is 10.4. The van der Waals surface area contributed by atoms with Crippen LogP contribution in [0.5, 0.6) is 0 Å². The van der Waals surface area contributed by atoms with Gasteiger partial charge < -0.3 is 10.2 Å². The molecule has 2 saturated carbocycles. The van der Waals surface area contributed by atoms with Crippen LogP contribution in [0.2, 0.25) is 0 Å². The summed E-state index contributed by atoms with van der Waals surface area (Å²) in [7, 11) is 1.97. The molecule has 3 heteroatoms. The minimum atomic E-state index is 0.271. The van der Waals surface area contributed by atoms with Gasteiger partial charge in [-0.15, -0.1) is 0 Å². The predicted molar refractivity (Wildman–Crippen MR) is 65.2 cm³/mol. The van der Waals surface area contributed by atoms with Crippen LogP contribution in [0.1, 0.15) is 44.9 Å². The molecule has 0 unspecified atom stereocenters. The van der Waals surface area contributed by atoms with E-state index in [-0.39, 0.29) is 5.91 Å². The molecule has 1 N–H and O–H groups in total. The molecule has 0 aromatic carbocycles. The quantitative estimate of drug-likeness (QED) is 0.772. The molecule has 2 aliphatic rings. The van der Waals surface area contributed by atoms with Crippen molar-refractivity contribution < 1.29 is 4.79 Å². The molecule has 92 valence electrons. The molecule has 2 rings (SSSR count). The van der Waals surface area contributed by atoms with Gasteiger partial charge in [-0.1, -0.05) is 19.3 Å². The largest absolute Gasteiger partial charge is 0.342 e. The minimum Gasteiger partial charge on any atom is -0.342 e. The van der Waals surface area contributed by atoms with Gasteiger partial charge in [-0.05, 0) is 38.1 Å². The van der Waals surface area contributed by atoms with Crippen molar-refractivity contribution in [3.05, 3.63) is 0 Å². The van der Waals surface area contributed by atoms with Crippen LogP contribution in [0.3, 0.4) is 0 Å². The average Bonchev–Trinajstić information content (AvgIpc) is 3.13. The Morgan fingerprint density at radius 1 is 1.19 bits per heavy atom. The molecule has 2 aliphatic carbocycles. The van der Waals surface area contributed by atoms with Gasteiger partial charge in [-0.2, -0.15) is 0 Å². The van der Waals surface area contributed by atoms with Crippen LogP contribution < -0.4 is 5.32 Å². The Kier molecular flexibility index (Phi) is 4.22. The van der Waals surface area contributed by atoms with Gasteiger partial charge in [0.15, 0.2) is 0 Å². The van der Waals surface area contributed by atoms with E-state index in [0.29, 0.717) is 12.6 Å². The maximum atomic E-state index is 11.9. The maximum Gasteiger partial charge on any atom is 0.236 e. The average molecular weight is 224 g/mol. The molecule has 0 aliphatic heterocycles. The Morgan fingerprint density at radius 2 is 1.88 bits per heavy atom. The van der Waals surface area contributed by atoms with E-state index in [0.717, 1.165) is 12.5 Å². The number of carbonyl (C=O) groups excluding carboxylic acids is 1. The fraction of sp³-hybridized carbons (Fsp3) is 0.923. The van der Waals surface area contributed by atoms with Crippen LogP contribution in [0.4, 0.5) is 0 Å². The van der Waals surface area contributed by atoms with Crippen LogP contribution in [0, 0.1) is 5.92 Å². The van der Waals surface area contributed by atoms with E-state index in [9.17, 15) is 4.79 Å². The number of amides is 1. The Bertz CT molecular complexity index is 232. The van der Waals surface area contributed by atoms with Crippen molar-refractivity contribution in [2.45, 2.75) is 51.0 Å². The SMILES string of the molecule is CN(C(=O)CNCC1CC1)C1CCCCC1. The number of hydrogen-bond acceptors (Lipinski definition) is 2. The van der Waals surface area contributed by atoms with E-state index in [1.807, 2.05) is 11.9 Å². The van der Waals surface area contributed by atoms with Crippen molar-refractivity contribution in [3.8, 4) is 0 Å². The Hall–Kier alpha value is -0.570. The molecule has 16 heavy (non-hydrogen) atoms. The van der Waals surface area contributed by atoms with Crippen molar-refractivity contribution in [2.24, 2.45) is 5.92 Å². The van der Waals surface area contributed by atoms with Crippen molar-refractivity contribution in [1.29, 1.82) is 0 Å². The number of hydrogen-bond donors (Lipinski definition) is 1. The van der Waals surface area contributed by atoms with Crippen molar-refractivity contribution >= 4 is 5.91 Å². The van der Waals surface area contributed by atoms with Crippen LogP contribution >= 0.6 is 0 Å². The second-order valence-corrected chi connectivity index (χ2v) is 5.37. The summed E-state index contributed by atoms with van der Waals surface area (Å²) in [6.45, 7) is 1.56. The third-order valence-corrected chi connectivity index (χ3v) is 3.92. The highest BCUT2D eigenvalue weighted by Crippen LogP contribution is 2.27. The molecule has 3 nitrogen and oxygen atoms in total. The van der Waals surface area contributed by atoms with E-state index in [1.54, 1.807) is 0 Å². The zero-order valence-electron chi connectivity index (χ0n) is 10.4. The van der Waals surface area contributed by atoms with Gasteiger partial charge in [0.2, 0.25) is 5.91 Å². The Labute approximate surface area is 98.6 Å². The van der Waals surface area contributed by atoms with Gasteiger partial charge in [0.05, 0.1) is 6.54 Å². The standard InChI is InChI=1S/C13H24N2O/c1-15(12-5-3-2-4-6-12)13(16)10-14-9-11-7-8-11/h11-12,14H,2-10H2,1H3. The first-order valence-electron chi connectivity index (χ1n) is 6.74. The summed E-state index contributed by atoms with van der Waals surface area (Å²) in [6, 6.07) is 0.504. The van der Waals surface area contributed by atoms with Crippen molar-refractivity contribution in [2.75, 3.05) is 20.1 Å². The lowest BCUT2D eigenvalue weighted by atomic mass is 9.94. The second kappa shape index (κ2) is 5.67. The lowest BCUT2D eigenvalue weighted by Gasteiger charge is -2.31. The van der Waals surface area contributed by atoms with Crippen LogP contribution in [-0.2, 0) is 4.79 Å². The third-order valence-electron chi connectivity index (χ3n) is 3.92. The van der Waals surface area contributed by atoms with Gasteiger partial charge in [0.25, 0.3) is 0 Å². The van der Waals surface area contributed by atoms with Gasteiger partial charge in [0.1, 0.15) is 0 Å². The third kappa shape index (κ3) is 3.48. The normalized spacial score (nSPS) is 22.1. The summed E-state index contributed by atoms with van der Waals surface area (Å²) < 4.78 is 0. The lowest BCUT2D eigenvalue weighted by Crippen LogP contribution is -2.43. The number of nitrogens with one attached hydrogen (secondary N) is 1. The summed E-state index contributed by atoms with van der Waals surface area (Å²) in [5, 5.41) is 3.28.